The van der Waals surface area contributed by atoms with Gasteiger partial charge in [-0.25, -0.2) is 4.98 Å². The molecule has 5 nitrogen and oxygen atoms in total. The zero-order chi connectivity index (χ0) is 17.6. The van der Waals surface area contributed by atoms with Crippen LogP contribution in [0.2, 0.25) is 5.02 Å². The molecule has 1 fully saturated rings. The highest BCUT2D eigenvalue weighted by Gasteiger charge is 2.14. The number of carbonyl (C=O) groups excluding carboxylic acids is 1. The molecule has 0 atom stereocenters. The normalized spacial score (nSPS) is 15.6. The monoisotopic (exact) mass is 362 g/mol. The van der Waals surface area contributed by atoms with Gasteiger partial charge in [0.2, 0.25) is 5.91 Å². The fourth-order valence-corrected chi connectivity index (χ4v) is 3.83. The Morgan fingerprint density at radius 1 is 1.28 bits per heavy atom. The third-order valence-electron chi connectivity index (χ3n) is 5.00. The van der Waals surface area contributed by atoms with Crippen LogP contribution in [-0.2, 0) is 11.3 Å². The number of amides is 1. The molecule has 6 heteroatoms. The Morgan fingerprint density at radius 2 is 2.08 bits per heavy atom. The third kappa shape index (κ3) is 4.73. The minimum Gasteiger partial charge on any atom is -0.353 e. The molecule has 136 valence electrons. The summed E-state index contributed by atoms with van der Waals surface area (Å²) in [6, 6.07) is 5.65. The molecule has 0 bridgehead atoms. The maximum absolute atomic E-state index is 12.2. The summed E-state index contributed by atoms with van der Waals surface area (Å²) in [5.74, 6) is 1.62. The van der Waals surface area contributed by atoms with Crippen molar-refractivity contribution >= 4 is 28.5 Å². The molecular formula is C19H27ClN4O. The predicted molar refractivity (Wildman–Crippen MR) is 102 cm³/mol. The van der Waals surface area contributed by atoms with Crippen LogP contribution in [0.5, 0.6) is 0 Å². The molecule has 0 spiro atoms. The number of nitrogens with one attached hydrogen (secondary N) is 2. The van der Waals surface area contributed by atoms with Gasteiger partial charge >= 0.3 is 0 Å². The number of aryl methyl sites for hydroxylation is 1. The van der Waals surface area contributed by atoms with Gasteiger partial charge in [0.1, 0.15) is 17.9 Å². The molecule has 1 aliphatic carbocycles. The minimum absolute atomic E-state index is 0.00171. The fraction of sp³-hybridized carbons (Fsp3) is 0.579. The Hall–Kier alpha value is -1.59. The highest BCUT2D eigenvalue weighted by Crippen LogP contribution is 2.24. The fourth-order valence-electron chi connectivity index (χ4n) is 3.62. The number of nitrogens with zero attached hydrogens (tertiary/aromatic N) is 2. The lowest BCUT2D eigenvalue weighted by atomic mass is 9.89. The second-order valence-corrected chi connectivity index (χ2v) is 7.32. The van der Waals surface area contributed by atoms with Gasteiger partial charge < -0.3 is 15.2 Å². The van der Waals surface area contributed by atoms with E-state index >= 15 is 0 Å². The van der Waals surface area contributed by atoms with Crippen molar-refractivity contribution in [3.05, 3.63) is 29.0 Å². The van der Waals surface area contributed by atoms with Gasteiger partial charge in [0.15, 0.2) is 0 Å². The van der Waals surface area contributed by atoms with E-state index < -0.39 is 0 Å². The molecule has 1 heterocycles. The van der Waals surface area contributed by atoms with Gasteiger partial charge in [0.05, 0.1) is 10.5 Å². The summed E-state index contributed by atoms with van der Waals surface area (Å²) < 4.78 is 1.91. The Bertz CT molecular complexity index is 722. The van der Waals surface area contributed by atoms with E-state index in [1.807, 2.05) is 29.7 Å². The molecule has 2 N–H and O–H groups in total. The first-order chi connectivity index (χ1) is 12.1. The van der Waals surface area contributed by atoms with Gasteiger partial charge in [-0.2, -0.15) is 0 Å². The van der Waals surface area contributed by atoms with Crippen LogP contribution in [-0.4, -0.2) is 35.1 Å². The molecule has 1 saturated carbocycles. The molecule has 25 heavy (non-hydrogen) atoms. The van der Waals surface area contributed by atoms with Crippen LogP contribution < -0.4 is 10.6 Å². The predicted octanol–water partition coefficient (Wildman–Crippen LogP) is 3.28. The first kappa shape index (κ1) is 18.2. The van der Waals surface area contributed by atoms with Crippen LogP contribution in [0.3, 0.4) is 0 Å². The molecule has 1 aliphatic rings. The quantitative estimate of drug-likeness (QED) is 0.743. The van der Waals surface area contributed by atoms with E-state index in [0.29, 0.717) is 11.6 Å². The average molecular weight is 363 g/mol. The number of hydrogen-bond acceptors (Lipinski definition) is 3. The molecule has 3 rings (SSSR count). The van der Waals surface area contributed by atoms with E-state index in [4.69, 9.17) is 11.6 Å². The number of benzene rings is 1. The van der Waals surface area contributed by atoms with Crippen LogP contribution >= 0.6 is 11.6 Å². The van der Waals surface area contributed by atoms with Crippen LogP contribution in [0.25, 0.3) is 11.0 Å². The van der Waals surface area contributed by atoms with Crippen molar-refractivity contribution < 1.29 is 4.79 Å². The lowest BCUT2D eigenvalue weighted by Gasteiger charge is -2.21. The second kappa shape index (κ2) is 8.68. The van der Waals surface area contributed by atoms with Gasteiger partial charge in [0.25, 0.3) is 0 Å². The van der Waals surface area contributed by atoms with E-state index in [-0.39, 0.29) is 12.5 Å². The molecule has 1 amide bonds. The van der Waals surface area contributed by atoms with Crippen molar-refractivity contribution in [3.8, 4) is 0 Å². The second-order valence-electron chi connectivity index (χ2n) is 6.91. The van der Waals surface area contributed by atoms with Crippen LogP contribution in [0.1, 0.15) is 37.9 Å². The zero-order valence-electron chi connectivity index (χ0n) is 14.9. The Balaban J connectivity index is 1.43. The molecule has 0 saturated heterocycles. The summed E-state index contributed by atoms with van der Waals surface area (Å²) >= 11 is 6.18. The molecule has 0 radical (unpaired) electrons. The number of rotatable bonds is 7. The summed E-state index contributed by atoms with van der Waals surface area (Å²) in [7, 11) is 0. The van der Waals surface area contributed by atoms with Crippen molar-refractivity contribution in [2.75, 3.05) is 19.6 Å². The van der Waals surface area contributed by atoms with Crippen molar-refractivity contribution in [1.82, 2.24) is 20.2 Å². The van der Waals surface area contributed by atoms with Gasteiger partial charge in [-0.15, -0.1) is 0 Å². The first-order valence-electron chi connectivity index (χ1n) is 9.24. The van der Waals surface area contributed by atoms with E-state index in [1.54, 1.807) is 0 Å². The number of hydrogen-bond donors (Lipinski definition) is 2. The van der Waals surface area contributed by atoms with Crippen molar-refractivity contribution in [1.29, 1.82) is 0 Å². The molecular weight excluding hydrogens is 336 g/mol. The largest absolute Gasteiger partial charge is 0.353 e. The van der Waals surface area contributed by atoms with Crippen LogP contribution in [0.4, 0.5) is 0 Å². The Kier molecular flexibility index (Phi) is 6.32. The molecule has 0 aliphatic heterocycles. The lowest BCUT2D eigenvalue weighted by Crippen LogP contribution is -2.35. The van der Waals surface area contributed by atoms with E-state index in [2.05, 4.69) is 15.6 Å². The van der Waals surface area contributed by atoms with Gasteiger partial charge in [-0.3, -0.25) is 4.79 Å². The average Bonchev–Trinajstić information content (AvgIpc) is 2.93. The summed E-state index contributed by atoms with van der Waals surface area (Å²) in [4.78, 5) is 16.7. The highest BCUT2D eigenvalue weighted by molar-refractivity contribution is 6.34. The standard InChI is InChI=1S/C19H27ClN4O/c1-14-23-19-16(20)8-5-9-17(19)24(14)13-18(25)22-11-10-21-12-15-6-3-2-4-7-15/h5,8-9,15,21H,2-4,6-7,10-13H2,1H3,(H,22,25). The van der Waals surface area contributed by atoms with E-state index in [1.165, 1.54) is 32.1 Å². The first-order valence-corrected chi connectivity index (χ1v) is 9.61. The number of halogens is 1. The topological polar surface area (TPSA) is 59.0 Å². The maximum Gasteiger partial charge on any atom is 0.240 e. The van der Waals surface area contributed by atoms with E-state index in [9.17, 15) is 4.79 Å². The summed E-state index contributed by atoms with van der Waals surface area (Å²) in [6.45, 7) is 4.70. The van der Waals surface area contributed by atoms with Crippen LogP contribution in [0, 0.1) is 12.8 Å². The summed E-state index contributed by atoms with van der Waals surface area (Å²) in [6.07, 6.45) is 6.81. The number of fused-ring (bicyclic) bond motifs is 1. The number of para-hydroxylation sites is 1. The van der Waals surface area contributed by atoms with Crippen LogP contribution in [0.15, 0.2) is 18.2 Å². The van der Waals surface area contributed by atoms with E-state index in [0.717, 1.165) is 35.9 Å². The van der Waals surface area contributed by atoms with Gasteiger partial charge in [-0.1, -0.05) is 36.9 Å². The molecule has 1 aromatic heterocycles. The number of aromatic nitrogens is 2. The maximum atomic E-state index is 12.2. The molecule has 1 aromatic carbocycles. The molecule has 0 unspecified atom stereocenters. The highest BCUT2D eigenvalue weighted by atomic mass is 35.5. The van der Waals surface area contributed by atoms with Crippen molar-refractivity contribution in [2.24, 2.45) is 5.92 Å². The number of imidazole rings is 1. The number of carbonyl (C=O) groups is 1. The van der Waals surface area contributed by atoms with Gasteiger partial charge in [-0.05, 0) is 44.4 Å². The minimum atomic E-state index is 0.00171. The van der Waals surface area contributed by atoms with Crippen molar-refractivity contribution in [3.63, 3.8) is 0 Å². The van der Waals surface area contributed by atoms with Crippen molar-refractivity contribution in [2.45, 2.75) is 45.6 Å². The molecule has 2 aromatic rings. The Labute approximate surface area is 154 Å². The summed E-state index contributed by atoms with van der Waals surface area (Å²) in [5, 5.41) is 7.07. The SMILES string of the molecule is Cc1nc2c(Cl)cccc2n1CC(=O)NCCNCC1CCCCC1. The van der Waals surface area contributed by atoms with Gasteiger partial charge in [0, 0.05) is 13.1 Å². The summed E-state index contributed by atoms with van der Waals surface area (Å²) in [5.41, 5.74) is 1.65. The lowest BCUT2D eigenvalue weighted by molar-refractivity contribution is -0.121. The Morgan fingerprint density at radius 3 is 2.88 bits per heavy atom. The zero-order valence-corrected chi connectivity index (χ0v) is 15.6. The third-order valence-corrected chi connectivity index (χ3v) is 5.31. The smallest absolute Gasteiger partial charge is 0.240 e.